The summed E-state index contributed by atoms with van der Waals surface area (Å²) in [6.07, 6.45) is 0.395. The maximum absolute atomic E-state index is 13.5. The SMILES string of the molecule is NNC(Cc1ccc(Cl)c(F)c1)c1ccc(Cl)c(F)c1. The standard InChI is InChI=1S/C14H12Cl2F2N2/c15-10-3-1-8(5-12(10)17)6-14(20-19)9-2-4-11(16)13(18)7-9/h1-5,7,14,20H,6,19H2. The van der Waals surface area contributed by atoms with E-state index in [0.717, 1.165) is 0 Å². The van der Waals surface area contributed by atoms with Crippen LogP contribution in [-0.4, -0.2) is 0 Å². The quantitative estimate of drug-likeness (QED) is 0.660. The molecule has 6 heteroatoms. The van der Waals surface area contributed by atoms with E-state index in [4.69, 9.17) is 29.0 Å². The number of hydrogen-bond acceptors (Lipinski definition) is 2. The van der Waals surface area contributed by atoms with Gasteiger partial charge in [0.25, 0.3) is 0 Å². The normalized spacial score (nSPS) is 12.4. The molecule has 0 aliphatic heterocycles. The highest BCUT2D eigenvalue weighted by molar-refractivity contribution is 6.31. The zero-order chi connectivity index (χ0) is 14.7. The van der Waals surface area contributed by atoms with E-state index in [-0.39, 0.29) is 16.1 Å². The second kappa shape index (κ2) is 6.50. The third kappa shape index (κ3) is 3.46. The van der Waals surface area contributed by atoms with Gasteiger partial charge in [0.1, 0.15) is 11.6 Å². The van der Waals surface area contributed by atoms with Gasteiger partial charge in [-0.15, -0.1) is 0 Å². The Balaban J connectivity index is 2.23. The molecule has 2 rings (SSSR count). The van der Waals surface area contributed by atoms with Gasteiger partial charge in [0.2, 0.25) is 0 Å². The first-order valence-electron chi connectivity index (χ1n) is 5.86. The van der Waals surface area contributed by atoms with Crippen LogP contribution in [0.2, 0.25) is 10.0 Å². The maximum Gasteiger partial charge on any atom is 0.142 e. The zero-order valence-electron chi connectivity index (χ0n) is 10.3. The highest BCUT2D eigenvalue weighted by atomic mass is 35.5. The van der Waals surface area contributed by atoms with Crippen LogP contribution in [0.1, 0.15) is 17.2 Å². The smallest absolute Gasteiger partial charge is 0.142 e. The van der Waals surface area contributed by atoms with Crippen LogP contribution in [0.5, 0.6) is 0 Å². The van der Waals surface area contributed by atoms with E-state index < -0.39 is 11.6 Å². The van der Waals surface area contributed by atoms with Crippen molar-refractivity contribution in [3.8, 4) is 0 Å². The lowest BCUT2D eigenvalue weighted by Gasteiger charge is -2.17. The van der Waals surface area contributed by atoms with Gasteiger partial charge in [-0.2, -0.15) is 0 Å². The van der Waals surface area contributed by atoms with Gasteiger partial charge >= 0.3 is 0 Å². The van der Waals surface area contributed by atoms with E-state index in [1.165, 1.54) is 24.3 Å². The summed E-state index contributed by atoms with van der Waals surface area (Å²) in [5, 5.41) is 0.102. The molecule has 0 aliphatic rings. The first kappa shape index (κ1) is 15.2. The van der Waals surface area contributed by atoms with Gasteiger partial charge < -0.3 is 0 Å². The minimum Gasteiger partial charge on any atom is -0.271 e. The van der Waals surface area contributed by atoms with Crippen LogP contribution in [0.15, 0.2) is 36.4 Å². The Hall–Kier alpha value is -1.20. The van der Waals surface area contributed by atoms with Crippen molar-refractivity contribution in [2.75, 3.05) is 0 Å². The lowest BCUT2D eigenvalue weighted by atomic mass is 9.99. The molecule has 0 saturated carbocycles. The maximum atomic E-state index is 13.5. The molecule has 0 saturated heterocycles. The predicted octanol–water partition coefficient (Wildman–Crippen LogP) is 4.02. The molecule has 2 nitrogen and oxygen atoms in total. The number of hydrogen-bond donors (Lipinski definition) is 2. The fourth-order valence-electron chi connectivity index (χ4n) is 1.90. The highest BCUT2D eigenvalue weighted by Gasteiger charge is 2.13. The molecule has 2 aromatic rings. The van der Waals surface area contributed by atoms with Crippen molar-refractivity contribution >= 4 is 23.2 Å². The molecule has 106 valence electrons. The number of nitrogens with one attached hydrogen (secondary N) is 1. The topological polar surface area (TPSA) is 38.0 Å². The number of nitrogens with two attached hydrogens (primary N) is 1. The van der Waals surface area contributed by atoms with Crippen LogP contribution >= 0.6 is 23.2 Å². The largest absolute Gasteiger partial charge is 0.271 e. The Bertz CT molecular complexity index is 620. The molecule has 0 heterocycles. The summed E-state index contributed by atoms with van der Waals surface area (Å²) in [6.45, 7) is 0. The molecule has 1 atom stereocenters. The minimum atomic E-state index is -0.522. The van der Waals surface area contributed by atoms with Gasteiger partial charge in [-0.05, 0) is 41.8 Å². The summed E-state index contributed by atoms with van der Waals surface area (Å²) < 4.78 is 26.8. The number of hydrazine groups is 1. The molecule has 0 fully saturated rings. The molecule has 0 spiro atoms. The summed E-state index contributed by atoms with van der Waals surface area (Å²) in [6, 6.07) is 8.58. The third-order valence-electron chi connectivity index (χ3n) is 2.97. The monoisotopic (exact) mass is 316 g/mol. The van der Waals surface area contributed by atoms with E-state index >= 15 is 0 Å². The van der Waals surface area contributed by atoms with Crippen molar-refractivity contribution < 1.29 is 8.78 Å². The van der Waals surface area contributed by atoms with Crippen molar-refractivity contribution in [2.24, 2.45) is 5.84 Å². The molecule has 20 heavy (non-hydrogen) atoms. The van der Waals surface area contributed by atoms with E-state index in [1.807, 2.05) is 0 Å². The first-order valence-corrected chi connectivity index (χ1v) is 6.62. The summed E-state index contributed by atoms with van der Waals surface area (Å²) in [5.41, 5.74) is 3.91. The average Bonchev–Trinajstić information content (AvgIpc) is 2.43. The van der Waals surface area contributed by atoms with Gasteiger partial charge in [0, 0.05) is 0 Å². The molecular formula is C14H12Cl2F2N2. The minimum absolute atomic E-state index is 0.0436. The summed E-state index contributed by atoms with van der Waals surface area (Å²) in [7, 11) is 0. The lowest BCUT2D eigenvalue weighted by molar-refractivity contribution is 0.542. The van der Waals surface area contributed by atoms with Gasteiger partial charge in [0.05, 0.1) is 16.1 Å². The van der Waals surface area contributed by atoms with Crippen molar-refractivity contribution in [1.29, 1.82) is 0 Å². The average molecular weight is 317 g/mol. The van der Waals surface area contributed by atoms with E-state index in [9.17, 15) is 8.78 Å². The molecule has 0 bridgehead atoms. The number of halogens is 4. The first-order chi connectivity index (χ1) is 9.51. The second-order valence-corrected chi connectivity index (χ2v) is 5.16. The fraction of sp³-hybridized carbons (Fsp3) is 0.143. The molecule has 1 unspecified atom stereocenters. The van der Waals surface area contributed by atoms with Crippen LogP contribution in [-0.2, 0) is 6.42 Å². The number of benzene rings is 2. The lowest BCUT2D eigenvalue weighted by Crippen LogP contribution is -2.29. The van der Waals surface area contributed by atoms with Gasteiger partial charge in [-0.25, -0.2) is 8.78 Å². The molecule has 0 amide bonds. The predicted molar refractivity (Wildman–Crippen MR) is 76.6 cm³/mol. The molecule has 0 aromatic heterocycles. The molecular weight excluding hydrogens is 305 g/mol. The third-order valence-corrected chi connectivity index (χ3v) is 3.58. The molecule has 0 radical (unpaired) electrons. The van der Waals surface area contributed by atoms with Gasteiger partial charge in [0.15, 0.2) is 0 Å². The summed E-state index contributed by atoms with van der Waals surface area (Å²) in [5.74, 6) is 4.46. The van der Waals surface area contributed by atoms with Crippen molar-refractivity contribution in [3.05, 3.63) is 69.2 Å². The molecule has 0 aliphatic carbocycles. The van der Waals surface area contributed by atoms with Crippen LogP contribution in [0.3, 0.4) is 0 Å². The van der Waals surface area contributed by atoms with Crippen molar-refractivity contribution in [1.82, 2.24) is 5.43 Å². The Morgan fingerprint density at radius 1 is 1.00 bits per heavy atom. The van der Waals surface area contributed by atoms with E-state index in [0.29, 0.717) is 17.5 Å². The van der Waals surface area contributed by atoms with Crippen LogP contribution < -0.4 is 11.3 Å². The Morgan fingerprint density at radius 2 is 1.60 bits per heavy atom. The Labute approximate surface area is 125 Å². The highest BCUT2D eigenvalue weighted by Crippen LogP contribution is 2.24. The summed E-state index contributed by atoms with van der Waals surface area (Å²) >= 11 is 11.3. The molecule has 3 N–H and O–H groups in total. The molecule has 2 aromatic carbocycles. The van der Waals surface area contributed by atoms with Crippen LogP contribution in [0, 0.1) is 11.6 Å². The van der Waals surface area contributed by atoms with Gasteiger partial charge in [-0.1, -0.05) is 35.3 Å². The van der Waals surface area contributed by atoms with Crippen molar-refractivity contribution in [3.63, 3.8) is 0 Å². The van der Waals surface area contributed by atoms with Gasteiger partial charge in [-0.3, -0.25) is 11.3 Å². The van der Waals surface area contributed by atoms with E-state index in [2.05, 4.69) is 5.43 Å². The zero-order valence-corrected chi connectivity index (χ0v) is 11.8. The van der Waals surface area contributed by atoms with Crippen LogP contribution in [0.4, 0.5) is 8.78 Å². The summed E-state index contributed by atoms with van der Waals surface area (Å²) in [4.78, 5) is 0. The second-order valence-electron chi connectivity index (χ2n) is 4.35. The van der Waals surface area contributed by atoms with Crippen LogP contribution in [0.25, 0.3) is 0 Å². The van der Waals surface area contributed by atoms with Crippen molar-refractivity contribution in [2.45, 2.75) is 12.5 Å². The number of rotatable bonds is 4. The fourth-order valence-corrected chi connectivity index (χ4v) is 2.14. The Morgan fingerprint density at radius 3 is 2.15 bits per heavy atom. The Kier molecular flexibility index (Phi) is 4.94. The van der Waals surface area contributed by atoms with E-state index in [1.54, 1.807) is 12.1 Å².